The van der Waals surface area contributed by atoms with Crippen LogP contribution in [-0.2, 0) is 23.2 Å². The van der Waals surface area contributed by atoms with Gasteiger partial charge in [0.2, 0.25) is 5.91 Å². The van der Waals surface area contributed by atoms with Crippen molar-refractivity contribution in [2.75, 3.05) is 26.2 Å². The van der Waals surface area contributed by atoms with Crippen LogP contribution in [0.5, 0.6) is 0 Å². The van der Waals surface area contributed by atoms with Gasteiger partial charge >= 0.3 is 0 Å². The Morgan fingerprint density at radius 3 is 2.18 bits per heavy atom. The van der Waals surface area contributed by atoms with Gasteiger partial charge in [-0.3, -0.25) is 9.69 Å². The Kier molecular flexibility index (Phi) is 7.94. The average Bonchev–Trinajstić information content (AvgIpc) is 3.37. The average molecular weight is 525 g/mol. The fourth-order valence-electron chi connectivity index (χ4n) is 5.06. The Balaban J connectivity index is 1.18. The predicted octanol–water partition coefficient (Wildman–Crippen LogP) is 6.25. The Morgan fingerprint density at radius 2 is 1.54 bits per heavy atom. The van der Waals surface area contributed by atoms with Crippen molar-refractivity contribution in [1.82, 2.24) is 19.6 Å². The van der Waals surface area contributed by atoms with Crippen LogP contribution in [0.15, 0.2) is 84.9 Å². The third-order valence-corrected chi connectivity index (χ3v) is 7.45. The van der Waals surface area contributed by atoms with Crippen LogP contribution in [0, 0.1) is 5.82 Å². The molecule has 1 amide bonds. The maximum Gasteiger partial charge on any atom is 0.223 e. The lowest BCUT2D eigenvalue weighted by atomic mass is 9.87. The summed E-state index contributed by atoms with van der Waals surface area (Å²) in [5.41, 5.74) is 6.37. The van der Waals surface area contributed by atoms with Crippen molar-refractivity contribution < 1.29 is 9.18 Å². The molecule has 0 aliphatic carbocycles. The highest BCUT2D eigenvalue weighted by Crippen LogP contribution is 2.26. The molecule has 0 atom stereocenters. The summed E-state index contributed by atoms with van der Waals surface area (Å²) in [5, 5.41) is 4.82. The minimum atomic E-state index is -0.270. The molecule has 1 aliphatic heterocycles. The minimum absolute atomic E-state index is 0.159. The van der Waals surface area contributed by atoms with Crippen LogP contribution < -0.4 is 0 Å². The second-order valence-corrected chi connectivity index (χ2v) is 11.4. The highest BCUT2D eigenvalue weighted by molar-refractivity contribution is 5.76. The summed E-state index contributed by atoms with van der Waals surface area (Å²) in [6, 6.07) is 27.3. The molecule has 1 saturated heterocycles. The molecular weight excluding hydrogens is 487 g/mol. The van der Waals surface area contributed by atoms with Crippen molar-refractivity contribution in [2.45, 2.75) is 45.6 Å². The van der Waals surface area contributed by atoms with E-state index in [0.29, 0.717) is 12.8 Å². The van der Waals surface area contributed by atoms with Crippen LogP contribution in [0.1, 0.15) is 44.0 Å². The lowest BCUT2D eigenvalue weighted by Gasteiger charge is -2.35. The van der Waals surface area contributed by atoms with Gasteiger partial charge in [-0.15, -0.1) is 0 Å². The molecule has 0 spiro atoms. The summed E-state index contributed by atoms with van der Waals surface area (Å²) in [4.78, 5) is 17.5. The topological polar surface area (TPSA) is 41.4 Å². The number of carbonyl (C=O) groups is 1. The Labute approximate surface area is 230 Å². The number of halogens is 1. The van der Waals surface area contributed by atoms with Crippen molar-refractivity contribution in [3.05, 3.63) is 108 Å². The molecule has 5 rings (SSSR count). The molecule has 4 aromatic rings. The first-order chi connectivity index (χ1) is 18.8. The fraction of sp³-hybridized carbons (Fsp3) is 0.333. The van der Waals surface area contributed by atoms with Gasteiger partial charge in [-0.2, -0.15) is 5.10 Å². The summed E-state index contributed by atoms with van der Waals surface area (Å²) >= 11 is 0. The smallest absolute Gasteiger partial charge is 0.223 e. The number of hydrogen-bond acceptors (Lipinski definition) is 3. The van der Waals surface area contributed by atoms with Gasteiger partial charge in [-0.1, -0.05) is 63.2 Å². The third kappa shape index (κ3) is 6.63. The van der Waals surface area contributed by atoms with Crippen molar-refractivity contribution in [3.8, 4) is 16.9 Å². The molecule has 0 saturated carbocycles. The molecular formula is C33H37FN4O. The van der Waals surface area contributed by atoms with Crippen LogP contribution in [-0.4, -0.2) is 51.7 Å². The quantitative estimate of drug-likeness (QED) is 0.287. The van der Waals surface area contributed by atoms with E-state index >= 15 is 0 Å². The van der Waals surface area contributed by atoms with Crippen molar-refractivity contribution in [2.24, 2.45) is 0 Å². The van der Waals surface area contributed by atoms with Crippen LogP contribution >= 0.6 is 0 Å². The first kappa shape index (κ1) is 26.8. The largest absolute Gasteiger partial charge is 0.340 e. The number of benzene rings is 3. The lowest BCUT2D eigenvalue weighted by molar-refractivity contribution is -0.133. The zero-order chi connectivity index (χ0) is 27.4. The first-order valence-electron chi connectivity index (χ1n) is 13.8. The molecule has 2 heterocycles. The van der Waals surface area contributed by atoms with E-state index in [4.69, 9.17) is 5.10 Å². The summed E-state index contributed by atoms with van der Waals surface area (Å²) < 4.78 is 15.4. The van der Waals surface area contributed by atoms with E-state index in [9.17, 15) is 9.18 Å². The second-order valence-electron chi connectivity index (χ2n) is 11.4. The van der Waals surface area contributed by atoms with E-state index in [0.717, 1.165) is 55.4 Å². The first-order valence-corrected chi connectivity index (χ1v) is 13.8. The van der Waals surface area contributed by atoms with Crippen LogP contribution in [0.25, 0.3) is 16.9 Å². The third-order valence-electron chi connectivity index (χ3n) is 7.45. The highest BCUT2D eigenvalue weighted by Gasteiger charge is 2.22. The molecule has 3 aromatic carbocycles. The monoisotopic (exact) mass is 524 g/mol. The number of carbonyl (C=O) groups excluding carboxylic acids is 1. The van der Waals surface area contributed by atoms with Crippen LogP contribution in [0.3, 0.4) is 0 Å². The van der Waals surface area contributed by atoms with E-state index in [1.165, 1.54) is 23.3 Å². The standard InChI is InChI=1S/C33H37FN4O/c1-33(2,3)27-13-9-25(10-14-27)24-36-19-21-37(22-20-36)32(39)18-17-29-23-31(26-11-15-28(34)16-12-26)38(35-29)30-7-5-4-6-8-30/h4-16,23H,17-22,24H2,1-3H3. The SMILES string of the molecule is CC(C)(C)c1ccc(CN2CCN(C(=O)CCc3cc(-c4ccc(F)cc4)n(-c4ccccc4)n3)CC2)cc1. The zero-order valence-electron chi connectivity index (χ0n) is 23.1. The van der Waals surface area contributed by atoms with Gasteiger partial charge in [0, 0.05) is 51.1 Å². The molecule has 0 radical (unpaired) electrons. The van der Waals surface area contributed by atoms with E-state index in [2.05, 4.69) is 49.9 Å². The highest BCUT2D eigenvalue weighted by atomic mass is 19.1. The van der Waals surface area contributed by atoms with E-state index in [1.54, 1.807) is 12.1 Å². The Morgan fingerprint density at radius 1 is 0.872 bits per heavy atom. The Hall–Kier alpha value is -3.77. The van der Waals surface area contributed by atoms with Crippen molar-refractivity contribution in [3.63, 3.8) is 0 Å². The normalized spacial score (nSPS) is 14.5. The van der Waals surface area contributed by atoms with E-state index in [1.807, 2.05) is 46.0 Å². The van der Waals surface area contributed by atoms with Crippen molar-refractivity contribution >= 4 is 5.91 Å². The molecule has 0 N–H and O–H groups in total. The number of amides is 1. The number of piperazine rings is 1. The number of aromatic nitrogens is 2. The van der Waals surface area contributed by atoms with Crippen molar-refractivity contribution in [1.29, 1.82) is 0 Å². The fourth-order valence-corrected chi connectivity index (χ4v) is 5.06. The second kappa shape index (κ2) is 11.5. The molecule has 0 unspecified atom stereocenters. The Bertz CT molecular complexity index is 1380. The summed E-state index contributed by atoms with van der Waals surface area (Å²) in [6.07, 6.45) is 0.982. The molecule has 1 aliphatic rings. The number of para-hydroxylation sites is 1. The lowest BCUT2D eigenvalue weighted by Crippen LogP contribution is -2.48. The minimum Gasteiger partial charge on any atom is -0.340 e. The zero-order valence-corrected chi connectivity index (χ0v) is 23.1. The molecule has 202 valence electrons. The maximum atomic E-state index is 13.5. The number of nitrogens with zero attached hydrogens (tertiary/aromatic N) is 4. The molecule has 5 nitrogen and oxygen atoms in total. The summed E-state index contributed by atoms with van der Waals surface area (Å²) in [5.74, 6) is -0.101. The number of rotatable bonds is 7. The summed E-state index contributed by atoms with van der Waals surface area (Å²) in [7, 11) is 0. The van der Waals surface area contributed by atoms with E-state index in [-0.39, 0.29) is 17.1 Å². The summed E-state index contributed by atoms with van der Waals surface area (Å²) in [6.45, 7) is 10.9. The van der Waals surface area contributed by atoms with Gasteiger partial charge in [0.15, 0.2) is 0 Å². The maximum absolute atomic E-state index is 13.5. The van der Waals surface area contributed by atoms with Crippen LogP contribution in [0.4, 0.5) is 4.39 Å². The number of aryl methyl sites for hydroxylation is 1. The van der Waals surface area contributed by atoms with Gasteiger partial charge in [0.05, 0.1) is 17.1 Å². The number of hydrogen-bond donors (Lipinski definition) is 0. The molecule has 39 heavy (non-hydrogen) atoms. The van der Waals surface area contributed by atoms with Gasteiger partial charge < -0.3 is 4.90 Å². The van der Waals surface area contributed by atoms with E-state index < -0.39 is 0 Å². The van der Waals surface area contributed by atoms with Gasteiger partial charge in [-0.05, 0) is 59.0 Å². The molecule has 6 heteroatoms. The van der Waals surface area contributed by atoms with Gasteiger partial charge in [0.25, 0.3) is 0 Å². The molecule has 1 fully saturated rings. The van der Waals surface area contributed by atoms with Crippen LogP contribution in [0.2, 0.25) is 0 Å². The molecule has 0 bridgehead atoms. The predicted molar refractivity (Wildman–Crippen MR) is 154 cm³/mol. The van der Waals surface area contributed by atoms with Gasteiger partial charge in [0.1, 0.15) is 5.82 Å². The molecule has 1 aromatic heterocycles. The van der Waals surface area contributed by atoms with Gasteiger partial charge in [-0.25, -0.2) is 9.07 Å².